The number of morpholine rings is 1. The highest BCUT2D eigenvalue weighted by Crippen LogP contribution is 2.34. The molecule has 1 heterocycles. The molecule has 1 aliphatic heterocycles. The number of nitrogens with one attached hydrogen (secondary N) is 1. The number of carbonyl (C=O) groups excluding carboxylic acids is 1. The second-order valence-corrected chi connectivity index (χ2v) is 7.97. The van der Waals surface area contributed by atoms with Crippen molar-refractivity contribution in [2.75, 3.05) is 32.8 Å². The largest absolute Gasteiger partial charge is 0.486 e. The molecule has 1 saturated heterocycles. The quantitative estimate of drug-likeness (QED) is 0.331. The molecule has 1 N–H and O–H groups in total. The minimum absolute atomic E-state index is 0.00603. The minimum atomic E-state index is -0.458. The summed E-state index contributed by atoms with van der Waals surface area (Å²) in [5, 5.41) is 15.2. The van der Waals surface area contributed by atoms with Crippen molar-refractivity contribution in [3.8, 4) is 5.75 Å². The lowest BCUT2D eigenvalue weighted by Crippen LogP contribution is -2.42. The summed E-state index contributed by atoms with van der Waals surface area (Å²) in [5.41, 5.74) is 3.79. The molecule has 1 fully saturated rings. The van der Waals surface area contributed by atoms with Gasteiger partial charge in [0.15, 0.2) is 5.75 Å². The first-order valence-corrected chi connectivity index (χ1v) is 10.6. The number of hydrazone groups is 1. The number of hydrogen-bond acceptors (Lipinski definition) is 7. The van der Waals surface area contributed by atoms with Gasteiger partial charge < -0.3 is 9.47 Å². The van der Waals surface area contributed by atoms with Gasteiger partial charge in [-0.25, -0.2) is 5.43 Å². The van der Waals surface area contributed by atoms with Gasteiger partial charge in [0, 0.05) is 25.2 Å². The van der Waals surface area contributed by atoms with E-state index in [4.69, 9.17) is 21.1 Å². The van der Waals surface area contributed by atoms with Crippen molar-refractivity contribution >= 4 is 45.3 Å². The Labute approximate surface area is 192 Å². The Morgan fingerprint density at radius 1 is 1.35 bits per heavy atom. The standard InChI is InChI=1S/C20H20BrClN4O5/c21-17-9-15(11-23-24-19(27)12-25-4-6-30-7-5-25)10-18(22)20(17)31-13-14-2-1-3-16(8-14)26(28)29/h1-3,8-11H,4-7,12-13H2,(H,24,27)/b23-11+. The van der Waals surface area contributed by atoms with Crippen molar-refractivity contribution in [2.45, 2.75) is 6.61 Å². The molecule has 3 rings (SSSR count). The predicted octanol–water partition coefficient (Wildman–Crippen LogP) is 3.37. The van der Waals surface area contributed by atoms with Gasteiger partial charge in [-0.3, -0.25) is 19.8 Å². The van der Waals surface area contributed by atoms with E-state index in [1.165, 1.54) is 18.3 Å². The van der Waals surface area contributed by atoms with E-state index in [-0.39, 0.29) is 24.7 Å². The normalized spacial score (nSPS) is 14.5. The number of hydrogen-bond donors (Lipinski definition) is 1. The molecular formula is C20H20BrClN4O5. The lowest BCUT2D eigenvalue weighted by atomic mass is 10.2. The second-order valence-electron chi connectivity index (χ2n) is 6.71. The molecule has 164 valence electrons. The Kier molecular flexibility index (Phi) is 8.35. The fraction of sp³-hybridized carbons (Fsp3) is 0.300. The molecule has 11 heteroatoms. The number of rotatable bonds is 8. The van der Waals surface area contributed by atoms with Crippen LogP contribution in [0, 0.1) is 10.1 Å². The zero-order chi connectivity index (χ0) is 22.2. The van der Waals surface area contributed by atoms with Crippen LogP contribution in [0.15, 0.2) is 46.0 Å². The zero-order valence-electron chi connectivity index (χ0n) is 16.4. The number of nitro groups is 1. The average molecular weight is 512 g/mol. The minimum Gasteiger partial charge on any atom is -0.486 e. The predicted molar refractivity (Wildman–Crippen MR) is 120 cm³/mol. The molecule has 0 aliphatic carbocycles. The topological polar surface area (TPSA) is 106 Å². The van der Waals surface area contributed by atoms with Gasteiger partial charge in [-0.2, -0.15) is 5.10 Å². The van der Waals surface area contributed by atoms with Crippen molar-refractivity contribution in [3.05, 3.63) is 67.1 Å². The lowest BCUT2D eigenvalue weighted by molar-refractivity contribution is -0.384. The fourth-order valence-electron chi connectivity index (χ4n) is 2.88. The van der Waals surface area contributed by atoms with E-state index in [0.717, 1.165) is 13.1 Å². The molecule has 1 amide bonds. The van der Waals surface area contributed by atoms with Gasteiger partial charge in [-0.1, -0.05) is 23.7 Å². The third-order valence-corrected chi connectivity index (χ3v) is 5.27. The summed E-state index contributed by atoms with van der Waals surface area (Å²) in [6.45, 7) is 3.06. The fourth-order valence-corrected chi connectivity index (χ4v) is 3.87. The van der Waals surface area contributed by atoms with Crippen LogP contribution in [0.25, 0.3) is 0 Å². The second kappa shape index (κ2) is 11.2. The summed E-state index contributed by atoms with van der Waals surface area (Å²) >= 11 is 9.73. The number of halogens is 2. The molecule has 31 heavy (non-hydrogen) atoms. The number of nitrogens with zero attached hydrogens (tertiary/aromatic N) is 3. The average Bonchev–Trinajstić information content (AvgIpc) is 2.74. The van der Waals surface area contributed by atoms with Gasteiger partial charge in [0.2, 0.25) is 0 Å². The van der Waals surface area contributed by atoms with Crippen LogP contribution in [0.3, 0.4) is 0 Å². The first-order valence-electron chi connectivity index (χ1n) is 9.39. The Morgan fingerprint density at radius 2 is 2.13 bits per heavy atom. The van der Waals surface area contributed by atoms with Crippen molar-refractivity contribution < 1.29 is 19.2 Å². The third kappa shape index (κ3) is 7.00. The summed E-state index contributed by atoms with van der Waals surface area (Å²) in [7, 11) is 0. The van der Waals surface area contributed by atoms with Crippen LogP contribution in [-0.4, -0.2) is 54.8 Å². The van der Waals surface area contributed by atoms with Crippen LogP contribution in [0.1, 0.15) is 11.1 Å². The van der Waals surface area contributed by atoms with Crippen LogP contribution in [0.2, 0.25) is 5.02 Å². The number of non-ortho nitro benzene ring substituents is 1. The van der Waals surface area contributed by atoms with E-state index in [9.17, 15) is 14.9 Å². The van der Waals surface area contributed by atoms with Gasteiger partial charge in [0.05, 0.1) is 40.4 Å². The first kappa shape index (κ1) is 23.1. The molecule has 0 spiro atoms. The number of benzene rings is 2. The highest BCUT2D eigenvalue weighted by molar-refractivity contribution is 9.10. The number of nitro benzene ring substituents is 1. The Bertz CT molecular complexity index is 959. The highest BCUT2D eigenvalue weighted by atomic mass is 79.9. The van der Waals surface area contributed by atoms with E-state index < -0.39 is 4.92 Å². The highest BCUT2D eigenvalue weighted by Gasteiger charge is 2.14. The molecule has 2 aromatic rings. The number of ether oxygens (including phenoxy) is 2. The Hall–Kier alpha value is -2.53. The molecule has 0 atom stereocenters. The Morgan fingerprint density at radius 3 is 2.84 bits per heavy atom. The first-order chi connectivity index (χ1) is 14.9. The van der Waals surface area contributed by atoms with Crippen molar-refractivity contribution in [1.82, 2.24) is 10.3 Å². The molecule has 1 aliphatic rings. The van der Waals surface area contributed by atoms with Crippen molar-refractivity contribution in [2.24, 2.45) is 5.10 Å². The van der Waals surface area contributed by atoms with E-state index >= 15 is 0 Å². The molecule has 0 aromatic heterocycles. The van der Waals surface area contributed by atoms with Gasteiger partial charge in [0.25, 0.3) is 11.6 Å². The summed E-state index contributed by atoms with van der Waals surface area (Å²) in [6, 6.07) is 9.58. The van der Waals surface area contributed by atoms with Crippen LogP contribution < -0.4 is 10.2 Å². The molecule has 2 aromatic carbocycles. The lowest BCUT2D eigenvalue weighted by Gasteiger charge is -2.25. The molecule has 0 saturated carbocycles. The van der Waals surface area contributed by atoms with Crippen LogP contribution in [-0.2, 0) is 16.1 Å². The van der Waals surface area contributed by atoms with Crippen molar-refractivity contribution in [3.63, 3.8) is 0 Å². The van der Waals surface area contributed by atoms with Crippen LogP contribution in [0.5, 0.6) is 5.75 Å². The third-order valence-electron chi connectivity index (χ3n) is 4.40. The van der Waals surface area contributed by atoms with E-state index in [0.29, 0.717) is 39.6 Å². The number of carbonyl (C=O) groups is 1. The summed E-state index contributed by atoms with van der Waals surface area (Å²) in [5.74, 6) is 0.196. The van der Waals surface area contributed by atoms with Gasteiger partial charge in [-0.15, -0.1) is 0 Å². The zero-order valence-corrected chi connectivity index (χ0v) is 18.8. The van der Waals surface area contributed by atoms with Crippen molar-refractivity contribution in [1.29, 1.82) is 0 Å². The van der Waals surface area contributed by atoms with Gasteiger partial charge >= 0.3 is 0 Å². The summed E-state index contributed by atoms with van der Waals surface area (Å²) in [6.07, 6.45) is 1.48. The summed E-state index contributed by atoms with van der Waals surface area (Å²) in [4.78, 5) is 24.4. The summed E-state index contributed by atoms with van der Waals surface area (Å²) < 4.78 is 11.6. The molecule has 0 bridgehead atoms. The maximum Gasteiger partial charge on any atom is 0.269 e. The van der Waals surface area contributed by atoms with Gasteiger partial charge in [-0.05, 0) is 39.2 Å². The molecule has 9 nitrogen and oxygen atoms in total. The maximum atomic E-state index is 12.0. The monoisotopic (exact) mass is 510 g/mol. The molecular weight excluding hydrogens is 492 g/mol. The van der Waals surface area contributed by atoms with Crippen LogP contribution in [0.4, 0.5) is 5.69 Å². The number of amides is 1. The van der Waals surface area contributed by atoms with Crippen LogP contribution >= 0.6 is 27.5 Å². The SMILES string of the molecule is O=C(CN1CCOCC1)N/N=C/c1cc(Cl)c(OCc2cccc([N+](=O)[O-])c2)c(Br)c1. The Balaban J connectivity index is 1.56. The smallest absolute Gasteiger partial charge is 0.269 e. The van der Waals surface area contributed by atoms with E-state index in [2.05, 4.69) is 26.5 Å². The molecule has 0 radical (unpaired) electrons. The van der Waals surface area contributed by atoms with Gasteiger partial charge in [0.1, 0.15) is 6.61 Å². The van der Waals surface area contributed by atoms with E-state index in [1.54, 1.807) is 24.3 Å². The van der Waals surface area contributed by atoms with E-state index in [1.807, 2.05) is 4.90 Å². The maximum absolute atomic E-state index is 12.0. The molecule has 0 unspecified atom stereocenters.